The minimum atomic E-state index is -3.58. The standard InChI is InChI=1S/C21H26N4O5S/c1-29-13-14-30-20-19(16-4-9-22-10-5-16)25(21(20)26)17-6-11-24(12-7-17)31(27,28)18-3-2-8-23-15-18/h2-5,8-10,15,17,19-20H,6-7,11-14H2,1H3/t19-,20+/m0/s1. The molecule has 0 aliphatic carbocycles. The Morgan fingerprint density at radius 1 is 1.06 bits per heavy atom. The summed E-state index contributed by atoms with van der Waals surface area (Å²) in [5.74, 6) is -0.0634. The number of rotatable bonds is 8. The highest BCUT2D eigenvalue weighted by Gasteiger charge is 2.52. The van der Waals surface area contributed by atoms with Gasteiger partial charge in [0.15, 0.2) is 6.10 Å². The van der Waals surface area contributed by atoms with Crippen LogP contribution in [0, 0.1) is 0 Å². The highest BCUT2D eigenvalue weighted by atomic mass is 32.2. The lowest BCUT2D eigenvalue weighted by Gasteiger charge is -2.52. The molecule has 0 N–H and O–H groups in total. The molecule has 4 rings (SSSR count). The van der Waals surface area contributed by atoms with E-state index in [0.717, 1.165) is 5.56 Å². The van der Waals surface area contributed by atoms with E-state index in [-0.39, 0.29) is 22.9 Å². The van der Waals surface area contributed by atoms with Crippen LogP contribution in [0.3, 0.4) is 0 Å². The Kier molecular flexibility index (Phi) is 6.61. The van der Waals surface area contributed by atoms with Gasteiger partial charge in [0, 0.05) is 51.0 Å². The molecule has 0 aromatic carbocycles. The van der Waals surface area contributed by atoms with Gasteiger partial charge in [0.05, 0.1) is 19.3 Å². The first-order valence-corrected chi connectivity index (χ1v) is 11.7. The first-order valence-electron chi connectivity index (χ1n) is 10.3. The molecule has 166 valence electrons. The summed E-state index contributed by atoms with van der Waals surface area (Å²) in [6.07, 6.45) is 6.88. The zero-order valence-electron chi connectivity index (χ0n) is 17.3. The second-order valence-electron chi connectivity index (χ2n) is 7.58. The molecule has 0 saturated carbocycles. The molecule has 2 saturated heterocycles. The highest BCUT2D eigenvalue weighted by Crippen LogP contribution is 2.41. The van der Waals surface area contributed by atoms with E-state index in [1.807, 2.05) is 17.0 Å². The molecule has 4 heterocycles. The second kappa shape index (κ2) is 9.39. The monoisotopic (exact) mass is 446 g/mol. The normalized spacial score (nSPS) is 23.0. The fourth-order valence-corrected chi connectivity index (χ4v) is 5.65. The number of pyridine rings is 2. The van der Waals surface area contributed by atoms with Crippen LogP contribution in [0.4, 0.5) is 0 Å². The van der Waals surface area contributed by atoms with Crippen molar-refractivity contribution in [3.8, 4) is 0 Å². The third-order valence-corrected chi connectivity index (χ3v) is 7.69. The van der Waals surface area contributed by atoms with E-state index >= 15 is 0 Å². The number of ether oxygens (including phenoxy) is 2. The van der Waals surface area contributed by atoms with Gasteiger partial charge in [0.25, 0.3) is 5.91 Å². The summed E-state index contributed by atoms with van der Waals surface area (Å²) in [4.78, 5) is 23.0. The maximum atomic E-state index is 12.9. The lowest BCUT2D eigenvalue weighted by Crippen LogP contribution is -2.64. The van der Waals surface area contributed by atoms with Gasteiger partial charge in [-0.15, -0.1) is 0 Å². The van der Waals surface area contributed by atoms with Gasteiger partial charge in [-0.25, -0.2) is 8.42 Å². The number of aromatic nitrogens is 2. The molecule has 2 aliphatic rings. The van der Waals surface area contributed by atoms with Crippen LogP contribution in [-0.2, 0) is 24.3 Å². The summed E-state index contributed by atoms with van der Waals surface area (Å²) < 4.78 is 38.0. The van der Waals surface area contributed by atoms with Crippen LogP contribution in [0.15, 0.2) is 53.9 Å². The van der Waals surface area contributed by atoms with E-state index in [1.165, 1.54) is 10.5 Å². The number of β-lactam (4-membered cyclic amide) rings is 1. The van der Waals surface area contributed by atoms with Crippen molar-refractivity contribution in [3.05, 3.63) is 54.6 Å². The van der Waals surface area contributed by atoms with Gasteiger partial charge in [-0.3, -0.25) is 14.8 Å². The van der Waals surface area contributed by atoms with Crippen molar-refractivity contribution in [1.82, 2.24) is 19.2 Å². The van der Waals surface area contributed by atoms with Crippen molar-refractivity contribution in [2.45, 2.75) is 35.9 Å². The highest BCUT2D eigenvalue weighted by molar-refractivity contribution is 7.89. The number of nitrogens with zero attached hydrogens (tertiary/aromatic N) is 4. The van der Waals surface area contributed by atoms with Crippen LogP contribution in [0.2, 0.25) is 0 Å². The predicted molar refractivity (Wildman–Crippen MR) is 111 cm³/mol. The molecule has 2 atom stereocenters. The number of carbonyl (C=O) groups excluding carboxylic acids is 1. The summed E-state index contributed by atoms with van der Waals surface area (Å²) in [5, 5.41) is 0. The van der Waals surface area contributed by atoms with Crippen molar-refractivity contribution in [1.29, 1.82) is 0 Å². The number of hydrogen-bond donors (Lipinski definition) is 0. The Morgan fingerprint density at radius 2 is 1.81 bits per heavy atom. The number of hydrogen-bond acceptors (Lipinski definition) is 7. The third kappa shape index (κ3) is 4.33. The van der Waals surface area contributed by atoms with E-state index in [9.17, 15) is 13.2 Å². The molecule has 0 radical (unpaired) electrons. The number of sulfonamides is 1. The SMILES string of the molecule is COCCO[C@H]1C(=O)N(C2CCN(S(=O)(=O)c3cccnc3)CC2)[C@H]1c1ccncc1. The minimum Gasteiger partial charge on any atom is -0.382 e. The number of likely N-dealkylation sites (tertiary alicyclic amines) is 1. The van der Waals surface area contributed by atoms with Crippen LogP contribution in [0.5, 0.6) is 0 Å². The van der Waals surface area contributed by atoms with Gasteiger partial charge in [0.2, 0.25) is 10.0 Å². The number of amides is 1. The molecule has 2 fully saturated rings. The summed E-state index contributed by atoms with van der Waals surface area (Å²) in [5.41, 5.74) is 0.961. The molecule has 9 nitrogen and oxygen atoms in total. The Balaban J connectivity index is 1.46. The van der Waals surface area contributed by atoms with E-state index in [2.05, 4.69) is 9.97 Å². The quantitative estimate of drug-likeness (QED) is 0.444. The predicted octanol–water partition coefficient (Wildman–Crippen LogP) is 1.24. The lowest BCUT2D eigenvalue weighted by molar-refractivity contribution is -0.183. The van der Waals surface area contributed by atoms with E-state index < -0.39 is 16.1 Å². The lowest BCUT2D eigenvalue weighted by atomic mass is 9.87. The van der Waals surface area contributed by atoms with Crippen molar-refractivity contribution in [2.24, 2.45) is 0 Å². The Bertz CT molecular complexity index is 981. The summed E-state index contributed by atoms with van der Waals surface area (Å²) in [7, 11) is -2.00. The number of methoxy groups -OCH3 is 1. The van der Waals surface area contributed by atoms with Crippen LogP contribution < -0.4 is 0 Å². The van der Waals surface area contributed by atoms with Crippen molar-refractivity contribution in [2.75, 3.05) is 33.4 Å². The topological polar surface area (TPSA) is 102 Å². The van der Waals surface area contributed by atoms with E-state index in [1.54, 1.807) is 37.8 Å². The molecular formula is C21H26N4O5S. The largest absolute Gasteiger partial charge is 0.382 e. The average Bonchev–Trinajstić information content (AvgIpc) is 2.81. The average molecular weight is 447 g/mol. The van der Waals surface area contributed by atoms with Crippen LogP contribution in [0.25, 0.3) is 0 Å². The van der Waals surface area contributed by atoms with Crippen molar-refractivity contribution >= 4 is 15.9 Å². The third-order valence-electron chi connectivity index (χ3n) is 5.81. The molecule has 0 unspecified atom stereocenters. The van der Waals surface area contributed by atoms with Crippen LogP contribution in [-0.4, -0.2) is 79.1 Å². The Labute approximate surface area is 182 Å². The molecule has 10 heteroatoms. The molecule has 1 amide bonds. The maximum Gasteiger partial charge on any atom is 0.255 e. The summed E-state index contributed by atoms with van der Waals surface area (Å²) in [6, 6.07) is 6.68. The van der Waals surface area contributed by atoms with Crippen LogP contribution in [0.1, 0.15) is 24.4 Å². The fraction of sp³-hybridized carbons (Fsp3) is 0.476. The Morgan fingerprint density at radius 3 is 2.45 bits per heavy atom. The smallest absolute Gasteiger partial charge is 0.255 e. The van der Waals surface area contributed by atoms with Crippen LogP contribution >= 0.6 is 0 Å². The minimum absolute atomic E-state index is 0.0479. The van der Waals surface area contributed by atoms with Gasteiger partial charge in [-0.05, 0) is 42.7 Å². The van der Waals surface area contributed by atoms with Gasteiger partial charge in [0.1, 0.15) is 4.90 Å². The van der Waals surface area contributed by atoms with E-state index in [4.69, 9.17) is 9.47 Å². The fourth-order valence-electron chi connectivity index (χ4n) is 4.22. The summed E-state index contributed by atoms with van der Waals surface area (Å²) in [6.45, 7) is 1.45. The molecule has 2 aromatic rings. The van der Waals surface area contributed by atoms with Crippen molar-refractivity contribution < 1.29 is 22.7 Å². The molecule has 31 heavy (non-hydrogen) atoms. The number of carbonyl (C=O) groups is 1. The van der Waals surface area contributed by atoms with Gasteiger partial charge in [-0.2, -0.15) is 4.31 Å². The summed E-state index contributed by atoms with van der Waals surface area (Å²) >= 11 is 0. The maximum absolute atomic E-state index is 12.9. The van der Waals surface area contributed by atoms with E-state index in [0.29, 0.717) is 39.1 Å². The molecular weight excluding hydrogens is 420 g/mol. The zero-order valence-corrected chi connectivity index (χ0v) is 18.1. The first-order chi connectivity index (χ1) is 15.0. The molecule has 0 spiro atoms. The molecule has 2 aromatic heterocycles. The second-order valence-corrected chi connectivity index (χ2v) is 9.52. The zero-order chi connectivity index (χ0) is 21.8. The van der Waals surface area contributed by atoms with Gasteiger partial charge in [-0.1, -0.05) is 0 Å². The van der Waals surface area contributed by atoms with Gasteiger partial charge >= 0.3 is 0 Å². The molecule has 2 aliphatic heterocycles. The molecule has 0 bridgehead atoms. The van der Waals surface area contributed by atoms with Crippen molar-refractivity contribution in [3.63, 3.8) is 0 Å². The first kappa shape index (κ1) is 21.8. The number of piperidine rings is 1. The Hall–Kier alpha value is -2.40. The van der Waals surface area contributed by atoms with Gasteiger partial charge < -0.3 is 14.4 Å².